The molecule has 11 heteroatoms. The van der Waals surface area contributed by atoms with Crippen LogP contribution in [-0.4, -0.2) is 45.9 Å². The number of anilines is 2. The maximum Gasteiger partial charge on any atom is 0.417 e. The molecule has 1 aliphatic rings. The van der Waals surface area contributed by atoms with E-state index < -0.39 is 16.7 Å². The third kappa shape index (κ3) is 3.28. The average molecular weight is 370 g/mol. The van der Waals surface area contributed by atoms with Crippen molar-refractivity contribution in [3.8, 4) is 0 Å². The number of aromatic nitrogens is 3. The third-order valence-corrected chi connectivity index (χ3v) is 4.32. The van der Waals surface area contributed by atoms with Crippen LogP contribution in [0.5, 0.6) is 0 Å². The molecule has 0 radical (unpaired) electrons. The van der Waals surface area contributed by atoms with Gasteiger partial charge in [-0.25, -0.2) is 9.67 Å². The molecule has 0 amide bonds. The molecule has 26 heavy (non-hydrogen) atoms. The molecular weight excluding hydrogens is 353 g/mol. The zero-order chi connectivity index (χ0) is 19.1. The Morgan fingerprint density at radius 1 is 1.15 bits per heavy atom. The molecule has 0 unspecified atom stereocenters. The molecule has 1 aliphatic heterocycles. The van der Waals surface area contributed by atoms with Crippen molar-refractivity contribution in [2.45, 2.75) is 13.1 Å². The van der Waals surface area contributed by atoms with Crippen molar-refractivity contribution in [2.75, 3.05) is 36.0 Å². The van der Waals surface area contributed by atoms with Gasteiger partial charge in [0.15, 0.2) is 0 Å². The van der Waals surface area contributed by atoms with Crippen LogP contribution in [0.4, 0.5) is 30.5 Å². The van der Waals surface area contributed by atoms with Crippen molar-refractivity contribution in [1.29, 1.82) is 0 Å². The van der Waals surface area contributed by atoms with Crippen LogP contribution in [0.15, 0.2) is 18.3 Å². The van der Waals surface area contributed by atoms with Gasteiger partial charge in [0.2, 0.25) is 5.82 Å². The molecule has 1 fully saturated rings. The number of hydrogen-bond donors (Lipinski definition) is 0. The molecule has 2 aromatic rings. The Labute approximate surface area is 147 Å². The molecule has 3 rings (SSSR count). The predicted molar refractivity (Wildman–Crippen MR) is 88.3 cm³/mol. The highest BCUT2D eigenvalue weighted by Gasteiger charge is 2.32. The van der Waals surface area contributed by atoms with E-state index >= 15 is 0 Å². The summed E-state index contributed by atoms with van der Waals surface area (Å²) in [7, 11) is 1.65. The number of alkyl halides is 3. The van der Waals surface area contributed by atoms with Crippen LogP contribution in [0, 0.1) is 17.0 Å². The molecule has 140 valence electrons. The highest BCUT2D eigenvalue weighted by molar-refractivity contribution is 5.62. The fourth-order valence-corrected chi connectivity index (χ4v) is 3.09. The van der Waals surface area contributed by atoms with Crippen LogP contribution in [0.2, 0.25) is 0 Å². The second-order valence-electron chi connectivity index (χ2n) is 6.02. The SMILES string of the molecule is Cc1nn(C)c(N2CCN(c3ccc(C(F)(F)F)cn3)CC2)c1[N+](=O)[O-]. The Balaban J connectivity index is 1.73. The molecule has 1 saturated heterocycles. The van der Waals surface area contributed by atoms with Crippen molar-refractivity contribution in [1.82, 2.24) is 14.8 Å². The fraction of sp³-hybridized carbons (Fsp3) is 0.467. The summed E-state index contributed by atoms with van der Waals surface area (Å²) in [6.45, 7) is 3.51. The molecule has 0 aromatic carbocycles. The Kier molecular flexibility index (Phi) is 4.46. The largest absolute Gasteiger partial charge is 0.417 e. The summed E-state index contributed by atoms with van der Waals surface area (Å²) in [5.41, 5.74) is -0.464. The van der Waals surface area contributed by atoms with E-state index in [1.54, 1.807) is 14.0 Å². The summed E-state index contributed by atoms with van der Waals surface area (Å²) >= 11 is 0. The van der Waals surface area contributed by atoms with Gasteiger partial charge in [-0.05, 0) is 19.1 Å². The van der Waals surface area contributed by atoms with Crippen LogP contribution in [0.3, 0.4) is 0 Å². The molecule has 2 aromatic heterocycles. The lowest BCUT2D eigenvalue weighted by Crippen LogP contribution is -2.47. The van der Waals surface area contributed by atoms with Gasteiger partial charge in [0.1, 0.15) is 11.5 Å². The van der Waals surface area contributed by atoms with Crippen LogP contribution in [0.25, 0.3) is 0 Å². The number of nitro groups is 1. The zero-order valence-corrected chi connectivity index (χ0v) is 14.2. The second kappa shape index (κ2) is 6.46. The van der Waals surface area contributed by atoms with E-state index in [2.05, 4.69) is 10.1 Å². The van der Waals surface area contributed by atoms with Gasteiger partial charge in [0, 0.05) is 39.4 Å². The van der Waals surface area contributed by atoms with Crippen molar-refractivity contribution < 1.29 is 18.1 Å². The molecule has 0 atom stereocenters. The Morgan fingerprint density at radius 2 is 1.77 bits per heavy atom. The monoisotopic (exact) mass is 370 g/mol. The lowest BCUT2D eigenvalue weighted by Gasteiger charge is -2.36. The first-order valence-corrected chi connectivity index (χ1v) is 7.89. The molecule has 0 aliphatic carbocycles. The zero-order valence-electron chi connectivity index (χ0n) is 14.2. The van der Waals surface area contributed by atoms with Crippen LogP contribution < -0.4 is 9.80 Å². The van der Waals surface area contributed by atoms with Crippen molar-refractivity contribution in [2.24, 2.45) is 7.05 Å². The van der Waals surface area contributed by atoms with Gasteiger partial charge in [0.05, 0.1) is 10.5 Å². The van der Waals surface area contributed by atoms with Crippen LogP contribution >= 0.6 is 0 Å². The van der Waals surface area contributed by atoms with Gasteiger partial charge in [-0.3, -0.25) is 10.1 Å². The van der Waals surface area contributed by atoms with Gasteiger partial charge in [-0.2, -0.15) is 18.3 Å². The molecule has 8 nitrogen and oxygen atoms in total. The minimum atomic E-state index is -4.42. The van der Waals surface area contributed by atoms with E-state index in [1.807, 2.05) is 9.80 Å². The number of aryl methyl sites for hydroxylation is 2. The van der Waals surface area contributed by atoms with Crippen molar-refractivity contribution in [3.63, 3.8) is 0 Å². The highest BCUT2D eigenvalue weighted by Crippen LogP contribution is 2.32. The summed E-state index contributed by atoms with van der Waals surface area (Å²) in [6.07, 6.45) is -3.60. The van der Waals surface area contributed by atoms with E-state index in [0.29, 0.717) is 43.5 Å². The minimum absolute atomic E-state index is 0.0198. The number of rotatable bonds is 3. The number of pyridine rings is 1. The average Bonchev–Trinajstić information content (AvgIpc) is 2.88. The molecule has 0 spiro atoms. The van der Waals surface area contributed by atoms with Crippen molar-refractivity contribution in [3.05, 3.63) is 39.7 Å². The predicted octanol–water partition coefficient (Wildman–Crippen LogP) is 2.38. The van der Waals surface area contributed by atoms with Gasteiger partial charge in [0.25, 0.3) is 0 Å². The fourth-order valence-electron chi connectivity index (χ4n) is 3.09. The summed E-state index contributed by atoms with van der Waals surface area (Å²) in [5, 5.41) is 15.4. The molecule has 0 N–H and O–H groups in total. The topological polar surface area (TPSA) is 80.3 Å². The maximum absolute atomic E-state index is 12.6. The summed E-state index contributed by atoms with van der Waals surface area (Å²) in [6, 6.07) is 2.35. The maximum atomic E-state index is 12.6. The molecule has 0 saturated carbocycles. The van der Waals surface area contributed by atoms with Gasteiger partial charge < -0.3 is 9.80 Å². The second-order valence-corrected chi connectivity index (χ2v) is 6.02. The first kappa shape index (κ1) is 18.0. The van der Waals surface area contributed by atoms with Crippen molar-refractivity contribution >= 4 is 17.3 Å². The van der Waals surface area contributed by atoms with E-state index in [-0.39, 0.29) is 5.69 Å². The minimum Gasteiger partial charge on any atom is -0.353 e. The summed E-state index contributed by atoms with van der Waals surface area (Å²) in [5.74, 6) is 0.890. The van der Waals surface area contributed by atoms with E-state index in [0.717, 1.165) is 12.3 Å². The normalized spacial score (nSPS) is 15.4. The summed E-state index contributed by atoms with van der Waals surface area (Å²) in [4.78, 5) is 18.5. The Morgan fingerprint density at radius 3 is 2.27 bits per heavy atom. The first-order chi connectivity index (χ1) is 12.2. The van der Waals surface area contributed by atoms with E-state index in [9.17, 15) is 23.3 Å². The van der Waals surface area contributed by atoms with Crippen LogP contribution in [-0.2, 0) is 13.2 Å². The first-order valence-electron chi connectivity index (χ1n) is 7.89. The van der Waals surface area contributed by atoms with Gasteiger partial charge in [-0.15, -0.1) is 0 Å². The molecule has 3 heterocycles. The lowest BCUT2D eigenvalue weighted by molar-refractivity contribution is -0.384. The number of piperazine rings is 1. The van der Waals surface area contributed by atoms with Gasteiger partial charge in [-0.1, -0.05) is 0 Å². The third-order valence-electron chi connectivity index (χ3n) is 4.32. The molecule has 0 bridgehead atoms. The highest BCUT2D eigenvalue weighted by atomic mass is 19.4. The van der Waals surface area contributed by atoms with Crippen LogP contribution in [0.1, 0.15) is 11.3 Å². The number of hydrogen-bond acceptors (Lipinski definition) is 6. The number of nitrogens with zero attached hydrogens (tertiary/aromatic N) is 6. The lowest BCUT2D eigenvalue weighted by atomic mass is 10.2. The Hall–Kier alpha value is -2.85. The number of halogens is 3. The summed E-state index contributed by atoms with van der Waals surface area (Å²) < 4.78 is 39.3. The van der Waals surface area contributed by atoms with E-state index in [1.165, 1.54) is 10.7 Å². The quantitative estimate of drug-likeness (QED) is 0.610. The smallest absolute Gasteiger partial charge is 0.353 e. The molecular formula is C15H17F3N6O2. The van der Waals surface area contributed by atoms with E-state index in [4.69, 9.17) is 0 Å². The standard InChI is InChI=1S/C15H17F3N6O2/c1-10-13(24(25)26)14(21(2)20-10)23-7-5-22(6-8-23)12-4-3-11(9-19-12)15(16,17)18/h3-4,9H,5-8H2,1-2H3. The van der Waals surface area contributed by atoms with Gasteiger partial charge >= 0.3 is 11.9 Å². The Bertz CT molecular complexity index is 810.